The van der Waals surface area contributed by atoms with Gasteiger partial charge < -0.3 is 5.73 Å². The predicted molar refractivity (Wildman–Crippen MR) is 84.5 cm³/mol. The molecule has 4 nitrogen and oxygen atoms in total. The molecule has 0 saturated carbocycles. The molecule has 1 heterocycles. The van der Waals surface area contributed by atoms with Crippen molar-refractivity contribution in [2.45, 2.75) is 5.33 Å². The van der Waals surface area contributed by atoms with Crippen LogP contribution in [0.25, 0.3) is 0 Å². The molecule has 0 aliphatic heterocycles. The number of thiazole rings is 1. The molecule has 0 fully saturated rings. The van der Waals surface area contributed by atoms with Crippen molar-refractivity contribution in [3.8, 4) is 0 Å². The van der Waals surface area contributed by atoms with Crippen LogP contribution in [0.15, 0.2) is 27.1 Å². The van der Waals surface area contributed by atoms with Crippen molar-refractivity contribution in [1.29, 1.82) is 0 Å². The zero-order valence-electron chi connectivity index (χ0n) is 9.53. The second-order valence-corrected chi connectivity index (χ2v) is 5.78. The Morgan fingerprint density at radius 2 is 2.32 bits per heavy atom. The SMILES string of the molecule is Nc1csc(NN=Cc2ccc(Br)c(F)c2CBr)n1. The van der Waals surface area contributed by atoms with E-state index in [-0.39, 0.29) is 5.82 Å². The molecule has 8 heteroatoms. The summed E-state index contributed by atoms with van der Waals surface area (Å²) in [4.78, 5) is 4.00. The van der Waals surface area contributed by atoms with Crippen molar-refractivity contribution in [2.24, 2.45) is 5.10 Å². The van der Waals surface area contributed by atoms with Crippen molar-refractivity contribution in [3.05, 3.63) is 38.9 Å². The van der Waals surface area contributed by atoms with Crippen LogP contribution in [-0.2, 0) is 5.33 Å². The van der Waals surface area contributed by atoms with Crippen LogP contribution >= 0.6 is 43.2 Å². The highest BCUT2D eigenvalue weighted by Gasteiger charge is 2.09. The third kappa shape index (κ3) is 3.52. The highest BCUT2D eigenvalue weighted by molar-refractivity contribution is 9.10. The number of rotatable bonds is 4. The van der Waals surface area contributed by atoms with Crippen LogP contribution < -0.4 is 11.2 Å². The minimum Gasteiger partial charge on any atom is -0.383 e. The molecule has 19 heavy (non-hydrogen) atoms. The van der Waals surface area contributed by atoms with Gasteiger partial charge in [-0.25, -0.2) is 9.37 Å². The molecule has 0 aliphatic rings. The number of hydrazone groups is 1. The van der Waals surface area contributed by atoms with E-state index in [4.69, 9.17) is 5.73 Å². The molecule has 0 aliphatic carbocycles. The number of anilines is 2. The first-order valence-electron chi connectivity index (χ1n) is 5.14. The van der Waals surface area contributed by atoms with Gasteiger partial charge in [0, 0.05) is 21.8 Å². The van der Waals surface area contributed by atoms with Gasteiger partial charge >= 0.3 is 0 Å². The lowest BCUT2D eigenvalue weighted by molar-refractivity contribution is 0.610. The van der Waals surface area contributed by atoms with E-state index < -0.39 is 0 Å². The highest BCUT2D eigenvalue weighted by Crippen LogP contribution is 2.23. The average molecular weight is 408 g/mol. The van der Waals surface area contributed by atoms with E-state index in [0.717, 1.165) is 0 Å². The number of nitrogens with zero attached hydrogens (tertiary/aromatic N) is 2. The summed E-state index contributed by atoms with van der Waals surface area (Å²) < 4.78 is 14.3. The van der Waals surface area contributed by atoms with Gasteiger partial charge in [0.25, 0.3) is 0 Å². The number of halogens is 3. The Morgan fingerprint density at radius 1 is 1.53 bits per heavy atom. The van der Waals surface area contributed by atoms with Gasteiger partial charge in [-0.1, -0.05) is 22.0 Å². The second kappa shape index (κ2) is 6.44. The Kier molecular flexibility index (Phi) is 4.89. The normalized spacial score (nSPS) is 11.1. The zero-order valence-corrected chi connectivity index (χ0v) is 13.5. The van der Waals surface area contributed by atoms with E-state index in [0.29, 0.717) is 31.9 Å². The first-order chi connectivity index (χ1) is 9.11. The first-order valence-corrected chi connectivity index (χ1v) is 7.94. The van der Waals surface area contributed by atoms with Crippen LogP contribution in [0.5, 0.6) is 0 Å². The molecule has 0 radical (unpaired) electrons. The number of alkyl halides is 1. The second-order valence-electron chi connectivity index (χ2n) is 3.51. The molecule has 0 atom stereocenters. The fraction of sp³-hybridized carbons (Fsp3) is 0.0909. The Balaban J connectivity index is 2.17. The van der Waals surface area contributed by atoms with E-state index in [9.17, 15) is 4.39 Å². The third-order valence-electron chi connectivity index (χ3n) is 2.25. The molecule has 0 amide bonds. The van der Waals surface area contributed by atoms with E-state index in [1.807, 2.05) is 0 Å². The van der Waals surface area contributed by atoms with Gasteiger partial charge in [-0.05, 0) is 22.0 Å². The summed E-state index contributed by atoms with van der Waals surface area (Å²) in [5, 5.41) is 6.72. The van der Waals surface area contributed by atoms with Crippen molar-refractivity contribution in [2.75, 3.05) is 11.2 Å². The van der Waals surface area contributed by atoms with Crippen molar-refractivity contribution in [3.63, 3.8) is 0 Å². The van der Waals surface area contributed by atoms with Crippen molar-refractivity contribution >= 4 is 60.4 Å². The third-order valence-corrected chi connectivity index (χ3v) is 4.19. The van der Waals surface area contributed by atoms with E-state index in [2.05, 4.69) is 47.4 Å². The Morgan fingerprint density at radius 3 is 2.95 bits per heavy atom. The van der Waals surface area contributed by atoms with Gasteiger partial charge in [0.05, 0.1) is 10.7 Å². The summed E-state index contributed by atoms with van der Waals surface area (Å²) in [6, 6.07) is 3.43. The monoisotopic (exact) mass is 406 g/mol. The van der Waals surface area contributed by atoms with Crippen molar-refractivity contribution in [1.82, 2.24) is 4.98 Å². The van der Waals surface area contributed by atoms with Crippen LogP contribution in [0.4, 0.5) is 15.3 Å². The quantitative estimate of drug-likeness (QED) is 0.458. The van der Waals surface area contributed by atoms with Crippen LogP contribution in [0, 0.1) is 5.82 Å². The summed E-state index contributed by atoms with van der Waals surface area (Å²) in [5.74, 6) is 0.151. The zero-order chi connectivity index (χ0) is 13.8. The molecular formula is C11H9Br2FN4S. The van der Waals surface area contributed by atoms with E-state index in [1.165, 1.54) is 11.3 Å². The minimum absolute atomic E-state index is 0.292. The molecule has 0 spiro atoms. The molecule has 1 aromatic heterocycles. The van der Waals surface area contributed by atoms with Gasteiger partial charge in [-0.2, -0.15) is 5.10 Å². The number of hydrogen-bond acceptors (Lipinski definition) is 5. The van der Waals surface area contributed by atoms with Crippen LogP contribution in [-0.4, -0.2) is 11.2 Å². The summed E-state index contributed by atoms with van der Waals surface area (Å²) in [6.07, 6.45) is 1.55. The lowest BCUT2D eigenvalue weighted by atomic mass is 10.1. The van der Waals surface area contributed by atoms with Crippen LogP contribution in [0.1, 0.15) is 11.1 Å². The standard InChI is InChI=1S/C11H9Br2FN4S/c12-3-7-6(1-2-8(13)10(7)14)4-16-18-11-17-9(15)5-19-11/h1-2,4-5H,3,15H2,(H,17,18). The molecule has 0 unspecified atom stereocenters. The first kappa shape index (κ1) is 14.4. The number of aromatic nitrogens is 1. The Labute approximate surface area is 130 Å². The molecular weight excluding hydrogens is 399 g/mol. The number of nitrogens with two attached hydrogens (primary N) is 1. The predicted octanol–water partition coefficient (Wildman–Crippen LogP) is 3.97. The molecule has 2 rings (SSSR count). The number of hydrogen-bond donors (Lipinski definition) is 2. The maximum absolute atomic E-state index is 13.8. The van der Waals surface area contributed by atoms with Crippen LogP contribution in [0.2, 0.25) is 0 Å². The topological polar surface area (TPSA) is 63.3 Å². The highest BCUT2D eigenvalue weighted by atomic mass is 79.9. The summed E-state index contributed by atoms with van der Waals surface area (Å²) in [6.45, 7) is 0. The Hall–Kier alpha value is -0.990. The van der Waals surface area contributed by atoms with E-state index in [1.54, 1.807) is 23.7 Å². The van der Waals surface area contributed by atoms with Crippen LogP contribution in [0.3, 0.4) is 0 Å². The maximum Gasteiger partial charge on any atom is 0.205 e. The lowest BCUT2D eigenvalue weighted by Crippen LogP contribution is -1.98. The number of nitrogen functional groups attached to an aromatic ring is 1. The molecule has 1 aromatic carbocycles. The maximum atomic E-state index is 13.8. The molecule has 100 valence electrons. The lowest BCUT2D eigenvalue weighted by Gasteiger charge is -2.05. The molecule has 0 saturated heterocycles. The molecule has 3 N–H and O–H groups in total. The van der Waals surface area contributed by atoms with Gasteiger partial charge in [-0.15, -0.1) is 11.3 Å². The van der Waals surface area contributed by atoms with Gasteiger partial charge in [0.15, 0.2) is 0 Å². The summed E-state index contributed by atoms with van der Waals surface area (Å²) >= 11 is 7.76. The van der Waals surface area contributed by atoms with Gasteiger partial charge in [0.2, 0.25) is 5.13 Å². The average Bonchev–Trinajstić information content (AvgIpc) is 2.80. The smallest absolute Gasteiger partial charge is 0.205 e. The van der Waals surface area contributed by atoms with Gasteiger partial charge in [-0.3, -0.25) is 5.43 Å². The van der Waals surface area contributed by atoms with E-state index >= 15 is 0 Å². The number of benzene rings is 1. The molecule has 0 bridgehead atoms. The number of nitrogens with one attached hydrogen (secondary N) is 1. The summed E-state index contributed by atoms with van der Waals surface area (Å²) in [7, 11) is 0. The fourth-order valence-corrected chi connectivity index (χ4v) is 2.85. The fourth-order valence-electron chi connectivity index (χ4n) is 1.36. The van der Waals surface area contributed by atoms with Gasteiger partial charge in [0.1, 0.15) is 11.6 Å². The van der Waals surface area contributed by atoms with Crippen molar-refractivity contribution < 1.29 is 4.39 Å². The summed E-state index contributed by atoms with van der Waals surface area (Å²) in [5.41, 5.74) is 9.47. The molecule has 2 aromatic rings. The largest absolute Gasteiger partial charge is 0.383 e. The minimum atomic E-state index is -0.292. The Bertz CT molecular complexity index is 615.